The maximum Gasteiger partial charge on any atom is 0.325 e. The summed E-state index contributed by atoms with van der Waals surface area (Å²) in [7, 11) is 0. The van der Waals surface area contributed by atoms with Crippen LogP contribution in [0.1, 0.15) is 48.0 Å². The Morgan fingerprint density at radius 3 is 1.96 bits per heavy atom. The van der Waals surface area contributed by atoms with Crippen LogP contribution in [-0.4, -0.2) is 59.4 Å². The average Bonchev–Trinajstić information content (AvgIpc) is 2.38. The summed E-state index contributed by atoms with van der Waals surface area (Å²) in [5, 5.41) is 11.8. The second-order valence-electron chi connectivity index (χ2n) is 6.57. The smallest absolute Gasteiger partial charge is 0.325 e. The Kier molecular flexibility index (Phi) is 9.11. The number of hydrogen-bond acceptors (Lipinski definition) is 8. The van der Waals surface area contributed by atoms with Crippen molar-refractivity contribution in [1.82, 2.24) is 5.32 Å². The maximum atomic E-state index is 12.3. The molecule has 9 heteroatoms. The maximum absolute atomic E-state index is 12.3. The summed E-state index contributed by atoms with van der Waals surface area (Å²) >= 11 is 0. The van der Waals surface area contributed by atoms with E-state index in [2.05, 4.69) is 5.32 Å². The second kappa shape index (κ2) is 9.97. The molecule has 0 aromatic heterocycles. The largest absolute Gasteiger partial charge is 0.459 e. The highest BCUT2D eigenvalue weighted by molar-refractivity contribution is 5.87. The summed E-state index contributed by atoms with van der Waals surface area (Å²) in [6.07, 6.45) is -3.74. The van der Waals surface area contributed by atoms with Gasteiger partial charge in [0.2, 0.25) is 6.10 Å². The summed E-state index contributed by atoms with van der Waals surface area (Å²) in [6.45, 7) is 8.21. The molecule has 0 bridgehead atoms. The number of carbonyl (C=O) groups is 4. The first-order valence-corrected chi connectivity index (χ1v) is 7.84. The van der Waals surface area contributed by atoms with Crippen molar-refractivity contribution in [2.45, 2.75) is 71.9 Å². The van der Waals surface area contributed by atoms with Crippen LogP contribution in [0, 0.1) is 0 Å². The minimum absolute atomic E-state index is 0.128. The Morgan fingerprint density at radius 2 is 1.56 bits per heavy atom. The third kappa shape index (κ3) is 11.1. The first-order valence-electron chi connectivity index (χ1n) is 7.84. The van der Waals surface area contributed by atoms with Gasteiger partial charge in [-0.15, -0.1) is 0 Å². The van der Waals surface area contributed by atoms with E-state index in [1.165, 1.54) is 6.92 Å². The third-order valence-electron chi connectivity index (χ3n) is 2.61. The fraction of sp³-hybridized carbons (Fsp3) is 0.750. The summed E-state index contributed by atoms with van der Waals surface area (Å²) in [5.74, 6) is -3.00. The van der Waals surface area contributed by atoms with E-state index in [4.69, 9.17) is 14.2 Å². The molecule has 0 saturated carbocycles. The van der Waals surface area contributed by atoms with E-state index in [1.54, 1.807) is 20.8 Å². The fourth-order valence-electron chi connectivity index (χ4n) is 1.90. The Hall–Kier alpha value is -2.16. The van der Waals surface area contributed by atoms with Gasteiger partial charge in [-0.25, -0.2) is 0 Å². The van der Waals surface area contributed by atoms with E-state index in [0.29, 0.717) is 0 Å². The van der Waals surface area contributed by atoms with Gasteiger partial charge in [-0.2, -0.15) is 0 Å². The van der Waals surface area contributed by atoms with E-state index in [0.717, 1.165) is 13.8 Å². The van der Waals surface area contributed by atoms with Crippen LogP contribution in [0.3, 0.4) is 0 Å². The topological polar surface area (TPSA) is 128 Å². The zero-order valence-electron chi connectivity index (χ0n) is 15.5. The first-order chi connectivity index (χ1) is 11.3. The molecule has 0 unspecified atom stereocenters. The zero-order valence-corrected chi connectivity index (χ0v) is 15.5. The van der Waals surface area contributed by atoms with Crippen molar-refractivity contribution in [3.05, 3.63) is 0 Å². The third-order valence-corrected chi connectivity index (χ3v) is 2.61. The lowest BCUT2D eigenvalue weighted by atomic mass is 10.1. The molecule has 0 aliphatic heterocycles. The number of amides is 1. The molecule has 0 radical (unpaired) electrons. The van der Waals surface area contributed by atoms with Crippen molar-refractivity contribution >= 4 is 23.8 Å². The molecule has 0 rings (SSSR count). The van der Waals surface area contributed by atoms with E-state index >= 15 is 0 Å². The van der Waals surface area contributed by atoms with Crippen LogP contribution in [0.15, 0.2) is 0 Å². The molecular formula is C16H27NO8. The number of hydrogen-bond donors (Lipinski definition) is 2. The number of ether oxygens (including phenoxy) is 3. The van der Waals surface area contributed by atoms with Gasteiger partial charge in [0.15, 0.2) is 6.10 Å². The summed E-state index contributed by atoms with van der Waals surface area (Å²) in [6, 6.07) is 0. The number of aliphatic hydroxyl groups excluding tert-OH is 1. The molecule has 0 fully saturated rings. The van der Waals surface area contributed by atoms with Crippen LogP contribution in [0.25, 0.3) is 0 Å². The van der Waals surface area contributed by atoms with Gasteiger partial charge in [0.1, 0.15) is 12.1 Å². The van der Waals surface area contributed by atoms with Crippen molar-refractivity contribution in [1.29, 1.82) is 0 Å². The number of rotatable bonds is 8. The highest BCUT2D eigenvalue weighted by atomic mass is 16.6. The molecule has 0 heterocycles. The Balaban J connectivity index is 5.07. The van der Waals surface area contributed by atoms with E-state index < -0.39 is 54.3 Å². The normalized spacial score (nSPS) is 14.7. The quantitative estimate of drug-likeness (QED) is 0.459. The fourth-order valence-corrected chi connectivity index (χ4v) is 1.90. The van der Waals surface area contributed by atoms with Crippen LogP contribution < -0.4 is 5.32 Å². The van der Waals surface area contributed by atoms with E-state index in [9.17, 15) is 24.3 Å². The lowest BCUT2D eigenvalue weighted by molar-refractivity contribution is -0.173. The van der Waals surface area contributed by atoms with Gasteiger partial charge >= 0.3 is 17.9 Å². The molecule has 0 aromatic rings. The number of nitrogens with one attached hydrogen (secondary N) is 1. The van der Waals surface area contributed by atoms with Crippen molar-refractivity contribution in [3.63, 3.8) is 0 Å². The molecule has 0 aromatic carbocycles. The Labute approximate surface area is 147 Å². The highest BCUT2D eigenvalue weighted by Gasteiger charge is 2.35. The SMILES string of the molecule is CC(=O)O[C@@H](C[C@@H](C)O)[C@@H](OC(C)=O)C(=O)NCC(=O)OC(C)(C)C. The van der Waals surface area contributed by atoms with Gasteiger partial charge in [0, 0.05) is 20.3 Å². The van der Waals surface area contributed by atoms with E-state index in [1.807, 2.05) is 0 Å². The number of esters is 3. The van der Waals surface area contributed by atoms with Gasteiger partial charge in [-0.1, -0.05) is 0 Å². The Morgan fingerprint density at radius 1 is 1.04 bits per heavy atom. The summed E-state index contributed by atoms with van der Waals surface area (Å²) in [5.41, 5.74) is -0.719. The average molecular weight is 361 g/mol. The molecule has 0 saturated heterocycles. The van der Waals surface area contributed by atoms with Crippen LogP contribution >= 0.6 is 0 Å². The molecule has 2 N–H and O–H groups in total. The van der Waals surface area contributed by atoms with Crippen molar-refractivity contribution in [3.8, 4) is 0 Å². The Bertz CT molecular complexity index is 495. The van der Waals surface area contributed by atoms with Gasteiger partial charge < -0.3 is 24.6 Å². The van der Waals surface area contributed by atoms with Gasteiger partial charge in [0.05, 0.1) is 6.10 Å². The van der Waals surface area contributed by atoms with Gasteiger partial charge in [-0.05, 0) is 27.7 Å². The molecule has 0 aliphatic carbocycles. The first kappa shape index (κ1) is 22.8. The summed E-state index contributed by atoms with van der Waals surface area (Å²) in [4.78, 5) is 46.4. The minimum Gasteiger partial charge on any atom is -0.459 e. The van der Waals surface area contributed by atoms with Crippen molar-refractivity contribution in [2.24, 2.45) is 0 Å². The lowest BCUT2D eigenvalue weighted by Gasteiger charge is -2.26. The molecule has 9 nitrogen and oxygen atoms in total. The van der Waals surface area contributed by atoms with Crippen LogP contribution in [-0.2, 0) is 33.4 Å². The van der Waals surface area contributed by atoms with E-state index in [-0.39, 0.29) is 6.42 Å². The van der Waals surface area contributed by atoms with Gasteiger partial charge in [0.25, 0.3) is 5.91 Å². The highest BCUT2D eigenvalue weighted by Crippen LogP contribution is 2.13. The molecule has 0 aliphatic rings. The number of aliphatic hydroxyl groups is 1. The monoisotopic (exact) mass is 361 g/mol. The lowest BCUT2D eigenvalue weighted by Crippen LogP contribution is -2.49. The van der Waals surface area contributed by atoms with Crippen LogP contribution in [0.4, 0.5) is 0 Å². The predicted octanol–water partition coefficient (Wildman–Crippen LogP) is 0.0786. The second-order valence-corrected chi connectivity index (χ2v) is 6.57. The standard InChI is InChI=1S/C16H27NO8/c1-9(18)7-12(23-10(2)19)14(24-11(3)20)15(22)17-8-13(21)25-16(4,5)6/h9,12,14,18H,7-8H2,1-6H3,(H,17,22)/t9-,12+,14-/m1/s1. The molecule has 0 spiro atoms. The number of carbonyl (C=O) groups excluding carboxylic acids is 4. The molecular weight excluding hydrogens is 334 g/mol. The molecule has 25 heavy (non-hydrogen) atoms. The van der Waals surface area contributed by atoms with Crippen LogP contribution in [0.2, 0.25) is 0 Å². The zero-order chi connectivity index (χ0) is 19.8. The van der Waals surface area contributed by atoms with Crippen molar-refractivity contribution < 1.29 is 38.5 Å². The summed E-state index contributed by atoms with van der Waals surface area (Å²) < 4.78 is 14.9. The molecule has 3 atom stereocenters. The van der Waals surface area contributed by atoms with Gasteiger partial charge in [-0.3, -0.25) is 19.2 Å². The minimum atomic E-state index is -1.50. The molecule has 144 valence electrons. The molecule has 1 amide bonds. The predicted molar refractivity (Wildman–Crippen MR) is 86.3 cm³/mol. The van der Waals surface area contributed by atoms with Crippen molar-refractivity contribution in [2.75, 3.05) is 6.54 Å². The van der Waals surface area contributed by atoms with Crippen LogP contribution in [0.5, 0.6) is 0 Å².